The lowest BCUT2D eigenvalue weighted by molar-refractivity contribution is 0.251. The summed E-state index contributed by atoms with van der Waals surface area (Å²) in [5.41, 5.74) is 7.67. The zero-order chi connectivity index (χ0) is 12.0. The minimum absolute atomic E-state index is 0.549. The Bertz CT molecular complexity index is 292. The van der Waals surface area contributed by atoms with Crippen LogP contribution < -0.4 is 11.1 Å². The lowest BCUT2D eigenvalue weighted by Crippen LogP contribution is -2.30. The minimum atomic E-state index is -0.549. The SMILES string of the molecule is CN=C(CN(C)C)/C(C)=C(\C)NC(N)=O. The fourth-order valence-corrected chi connectivity index (χ4v) is 1.15. The van der Waals surface area contributed by atoms with Crippen molar-refractivity contribution >= 4 is 11.7 Å². The molecule has 5 heteroatoms. The van der Waals surface area contributed by atoms with Crippen LogP contribution >= 0.6 is 0 Å². The molecule has 0 heterocycles. The van der Waals surface area contributed by atoms with E-state index in [1.165, 1.54) is 0 Å². The topological polar surface area (TPSA) is 70.7 Å². The second kappa shape index (κ2) is 6.19. The van der Waals surface area contributed by atoms with Gasteiger partial charge in [-0.15, -0.1) is 0 Å². The Morgan fingerprint density at radius 1 is 1.40 bits per heavy atom. The summed E-state index contributed by atoms with van der Waals surface area (Å²) in [4.78, 5) is 16.9. The van der Waals surface area contributed by atoms with Crippen LogP contribution in [-0.4, -0.2) is 44.3 Å². The largest absolute Gasteiger partial charge is 0.351 e. The quantitative estimate of drug-likeness (QED) is 0.669. The predicted octanol–water partition coefficient (Wildman–Crippen LogP) is 0.581. The lowest BCUT2D eigenvalue weighted by atomic mass is 10.1. The Kier molecular flexibility index (Phi) is 5.62. The number of hydrogen-bond donors (Lipinski definition) is 2. The molecule has 3 N–H and O–H groups in total. The monoisotopic (exact) mass is 212 g/mol. The Balaban J connectivity index is 4.77. The normalized spacial score (nSPS) is 13.9. The van der Waals surface area contributed by atoms with Crippen LogP contribution in [0.25, 0.3) is 0 Å². The molecule has 86 valence electrons. The highest BCUT2D eigenvalue weighted by Gasteiger charge is 2.07. The van der Waals surface area contributed by atoms with Crippen molar-refractivity contribution in [2.45, 2.75) is 13.8 Å². The summed E-state index contributed by atoms with van der Waals surface area (Å²) in [6.07, 6.45) is 0. The van der Waals surface area contributed by atoms with E-state index in [2.05, 4.69) is 10.3 Å². The molecule has 0 bridgehead atoms. The van der Waals surface area contributed by atoms with Gasteiger partial charge in [-0.1, -0.05) is 0 Å². The van der Waals surface area contributed by atoms with E-state index < -0.39 is 6.03 Å². The van der Waals surface area contributed by atoms with Crippen LogP contribution in [0.1, 0.15) is 13.8 Å². The maximum absolute atomic E-state index is 10.7. The molecule has 0 aliphatic rings. The molecule has 5 nitrogen and oxygen atoms in total. The van der Waals surface area contributed by atoms with E-state index in [-0.39, 0.29) is 0 Å². The number of nitrogens with zero attached hydrogens (tertiary/aromatic N) is 2. The van der Waals surface area contributed by atoms with Crippen LogP contribution in [0.5, 0.6) is 0 Å². The van der Waals surface area contributed by atoms with Gasteiger partial charge in [0.2, 0.25) is 0 Å². The predicted molar refractivity (Wildman–Crippen MR) is 63.0 cm³/mol. The molecule has 15 heavy (non-hydrogen) atoms. The number of carbonyl (C=O) groups is 1. The molecule has 0 aromatic rings. The summed E-state index contributed by atoms with van der Waals surface area (Å²) in [7, 11) is 5.67. The van der Waals surface area contributed by atoms with Crippen molar-refractivity contribution in [3.63, 3.8) is 0 Å². The highest BCUT2D eigenvalue weighted by Crippen LogP contribution is 2.04. The van der Waals surface area contributed by atoms with Gasteiger partial charge in [0, 0.05) is 19.3 Å². The third kappa shape index (κ3) is 5.17. The molecule has 0 unspecified atom stereocenters. The number of rotatable bonds is 4. The van der Waals surface area contributed by atoms with Gasteiger partial charge in [0.05, 0.1) is 5.71 Å². The molecule has 0 spiro atoms. The van der Waals surface area contributed by atoms with Crippen LogP contribution in [0.15, 0.2) is 16.3 Å². The molecular formula is C10H20N4O. The molecule has 0 saturated carbocycles. The first-order chi connectivity index (χ1) is 6.88. The van der Waals surface area contributed by atoms with E-state index in [9.17, 15) is 4.79 Å². The molecule has 0 fully saturated rings. The summed E-state index contributed by atoms with van der Waals surface area (Å²) < 4.78 is 0. The molecule has 0 saturated heterocycles. The maximum atomic E-state index is 10.7. The molecule has 0 aliphatic carbocycles. The van der Waals surface area contributed by atoms with Crippen LogP contribution in [0.4, 0.5) is 4.79 Å². The molecule has 2 amide bonds. The summed E-state index contributed by atoms with van der Waals surface area (Å²) in [6, 6.07) is -0.549. The summed E-state index contributed by atoms with van der Waals surface area (Å²) in [5, 5.41) is 2.55. The number of primary amides is 1. The lowest BCUT2D eigenvalue weighted by Gasteiger charge is -2.14. The van der Waals surface area contributed by atoms with Crippen molar-refractivity contribution in [3.8, 4) is 0 Å². The summed E-state index contributed by atoms with van der Waals surface area (Å²) >= 11 is 0. The van der Waals surface area contributed by atoms with Gasteiger partial charge in [-0.05, 0) is 33.5 Å². The van der Waals surface area contributed by atoms with E-state index >= 15 is 0 Å². The highest BCUT2D eigenvalue weighted by atomic mass is 16.2. The van der Waals surface area contributed by atoms with Gasteiger partial charge in [0.1, 0.15) is 0 Å². The van der Waals surface area contributed by atoms with Crippen LogP contribution in [-0.2, 0) is 0 Å². The molecular weight excluding hydrogens is 192 g/mol. The number of amides is 2. The first kappa shape index (κ1) is 13.6. The average Bonchev–Trinajstić information content (AvgIpc) is 2.11. The Morgan fingerprint density at radius 3 is 2.27 bits per heavy atom. The first-order valence-corrected chi connectivity index (χ1v) is 4.73. The van der Waals surface area contributed by atoms with E-state index in [0.29, 0.717) is 0 Å². The standard InChI is InChI=1S/C10H20N4O/c1-7(8(2)13-10(11)15)9(12-3)6-14(4)5/h6H2,1-5H3,(H3,11,13,15)/b8-7+,12-9?. The van der Waals surface area contributed by atoms with E-state index in [4.69, 9.17) is 5.73 Å². The number of nitrogens with two attached hydrogens (primary N) is 1. The fraction of sp³-hybridized carbons (Fsp3) is 0.600. The molecule has 0 aliphatic heterocycles. The van der Waals surface area contributed by atoms with Crippen LogP contribution in [0.3, 0.4) is 0 Å². The van der Waals surface area contributed by atoms with Crippen molar-refractivity contribution < 1.29 is 4.79 Å². The summed E-state index contributed by atoms with van der Waals surface area (Å²) in [5.74, 6) is 0. The van der Waals surface area contributed by atoms with Crippen molar-refractivity contribution in [1.82, 2.24) is 10.2 Å². The number of allylic oxidation sites excluding steroid dienone is 1. The summed E-state index contributed by atoms with van der Waals surface area (Å²) in [6.45, 7) is 4.46. The third-order valence-electron chi connectivity index (χ3n) is 2.04. The Hall–Kier alpha value is -1.36. The first-order valence-electron chi connectivity index (χ1n) is 4.73. The minimum Gasteiger partial charge on any atom is -0.351 e. The highest BCUT2D eigenvalue weighted by molar-refractivity contribution is 6.02. The Morgan fingerprint density at radius 2 is 1.93 bits per heavy atom. The van der Waals surface area contributed by atoms with Crippen molar-refractivity contribution in [2.24, 2.45) is 10.7 Å². The van der Waals surface area contributed by atoms with Crippen LogP contribution in [0, 0.1) is 0 Å². The van der Waals surface area contributed by atoms with Crippen molar-refractivity contribution in [2.75, 3.05) is 27.7 Å². The van der Waals surface area contributed by atoms with Gasteiger partial charge >= 0.3 is 6.03 Å². The molecule has 0 rings (SSSR count). The molecule has 0 aromatic heterocycles. The number of hydrogen-bond acceptors (Lipinski definition) is 3. The average molecular weight is 212 g/mol. The molecule has 0 atom stereocenters. The maximum Gasteiger partial charge on any atom is 0.316 e. The van der Waals surface area contributed by atoms with E-state index in [1.807, 2.05) is 25.9 Å². The molecule has 0 aromatic carbocycles. The van der Waals surface area contributed by atoms with Gasteiger partial charge in [-0.2, -0.15) is 0 Å². The third-order valence-corrected chi connectivity index (χ3v) is 2.04. The zero-order valence-electron chi connectivity index (χ0n) is 10.1. The number of carbonyl (C=O) groups excluding carboxylic acids is 1. The van der Waals surface area contributed by atoms with Gasteiger partial charge in [0.25, 0.3) is 0 Å². The number of urea groups is 1. The molecule has 0 radical (unpaired) electrons. The van der Waals surface area contributed by atoms with Gasteiger partial charge < -0.3 is 16.0 Å². The van der Waals surface area contributed by atoms with E-state index in [0.717, 1.165) is 23.5 Å². The van der Waals surface area contributed by atoms with Gasteiger partial charge in [0.15, 0.2) is 0 Å². The van der Waals surface area contributed by atoms with Crippen molar-refractivity contribution in [3.05, 3.63) is 11.3 Å². The number of aliphatic imine (C=N–C) groups is 1. The van der Waals surface area contributed by atoms with Gasteiger partial charge in [-0.3, -0.25) is 4.99 Å². The Labute approximate surface area is 91.0 Å². The van der Waals surface area contributed by atoms with Crippen molar-refractivity contribution in [1.29, 1.82) is 0 Å². The fourth-order valence-electron chi connectivity index (χ4n) is 1.15. The number of nitrogens with one attached hydrogen (secondary N) is 1. The zero-order valence-corrected chi connectivity index (χ0v) is 10.1. The van der Waals surface area contributed by atoms with Crippen LogP contribution in [0.2, 0.25) is 0 Å². The smallest absolute Gasteiger partial charge is 0.316 e. The van der Waals surface area contributed by atoms with E-state index in [1.54, 1.807) is 14.0 Å². The second-order valence-corrected chi connectivity index (χ2v) is 3.65. The second-order valence-electron chi connectivity index (χ2n) is 3.65. The van der Waals surface area contributed by atoms with Gasteiger partial charge in [-0.25, -0.2) is 4.79 Å².